The minimum absolute atomic E-state index is 0.195. The zero-order chi connectivity index (χ0) is 17.5. The number of nitrogens with zero attached hydrogens (tertiary/aromatic N) is 1. The number of halogens is 1. The maximum Gasteiger partial charge on any atom is 0.325 e. The van der Waals surface area contributed by atoms with E-state index in [2.05, 4.69) is 12.2 Å². The Balaban J connectivity index is 1.68. The minimum Gasteiger partial charge on any atom is -0.454 e. The molecular weight excluding hydrogens is 332 g/mol. The minimum atomic E-state index is -0.643. The van der Waals surface area contributed by atoms with Crippen LogP contribution in [0.4, 0.5) is 0 Å². The molecule has 0 bridgehead atoms. The van der Waals surface area contributed by atoms with Crippen LogP contribution in [0.1, 0.15) is 30.1 Å². The van der Waals surface area contributed by atoms with Gasteiger partial charge in [-0.25, -0.2) is 0 Å². The molecule has 2 amide bonds. The van der Waals surface area contributed by atoms with E-state index in [0.29, 0.717) is 29.6 Å². The van der Waals surface area contributed by atoms with Gasteiger partial charge in [-0.2, -0.15) is 0 Å². The molecule has 1 N–H and O–H groups in total. The van der Waals surface area contributed by atoms with Gasteiger partial charge in [-0.1, -0.05) is 18.5 Å². The normalized spacial score (nSPS) is 15.0. The number of nitrogens with one attached hydrogen (secondary N) is 1. The molecule has 130 valence electrons. The summed E-state index contributed by atoms with van der Waals surface area (Å²) in [5.74, 6) is -0.616. The van der Waals surface area contributed by atoms with Gasteiger partial charge < -0.3 is 15.0 Å². The Kier molecular flexibility index (Phi) is 6.61. The number of likely N-dealkylation sites (tertiary alicyclic amines) is 1. The monoisotopic (exact) mass is 352 g/mol. The molecule has 1 saturated heterocycles. The molecule has 24 heavy (non-hydrogen) atoms. The highest BCUT2D eigenvalue weighted by Gasteiger charge is 2.21. The van der Waals surface area contributed by atoms with E-state index in [-0.39, 0.29) is 19.1 Å². The molecule has 1 aliphatic rings. The van der Waals surface area contributed by atoms with Crippen LogP contribution in [-0.2, 0) is 14.3 Å². The van der Waals surface area contributed by atoms with Crippen LogP contribution in [0.5, 0.6) is 0 Å². The molecule has 6 nitrogen and oxygen atoms in total. The number of rotatable bonds is 5. The topological polar surface area (TPSA) is 75.7 Å². The first-order valence-electron chi connectivity index (χ1n) is 7.93. The predicted molar refractivity (Wildman–Crippen MR) is 89.7 cm³/mol. The van der Waals surface area contributed by atoms with Crippen LogP contribution >= 0.6 is 11.6 Å². The summed E-state index contributed by atoms with van der Waals surface area (Å²) < 4.78 is 4.92. The summed E-state index contributed by atoms with van der Waals surface area (Å²) in [5, 5.41) is 2.97. The van der Waals surface area contributed by atoms with E-state index in [1.807, 2.05) is 0 Å². The lowest BCUT2D eigenvalue weighted by Gasteiger charge is -2.30. The first kappa shape index (κ1) is 18.3. The van der Waals surface area contributed by atoms with Crippen molar-refractivity contribution in [2.75, 3.05) is 26.2 Å². The summed E-state index contributed by atoms with van der Waals surface area (Å²) in [7, 11) is 0. The van der Waals surface area contributed by atoms with E-state index in [1.165, 1.54) is 0 Å². The smallest absolute Gasteiger partial charge is 0.325 e. The average Bonchev–Trinajstić information content (AvgIpc) is 2.58. The Hall–Kier alpha value is -2.08. The number of benzene rings is 1. The second kappa shape index (κ2) is 8.68. The summed E-state index contributed by atoms with van der Waals surface area (Å²) in [5.41, 5.74) is 0.394. The maximum atomic E-state index is 11.9. The van der Waals surface area contributed by atoms with Crippen molar-refractivity contribution < 1.29 is 19.1 Å². The number of hydrogen-bond acceptors (Lipinski definition) is 4. The van der Waals surface area contributed by atoms with Gasteiger partial charge in [0.15, 0.2) is 6.61 Å². The molecule has 1 heterocycles. The van der Waals surface area contributed by atoms with Crippen LogP contribution in [0.15, 0.2) is 24.3 Å². The summed E-state index contributed by atoms with van der Waals surface area (Å²) in [4.78, 5) is 37.1. The second-order valence-corrected chi connectivity index (χ2v) is 6.35. The van der Waals surface area contributed by atoms with E-state index in [0.717, 1.165) is 12.8 Å². The summed E-state index contributed by atoms with van der Waals surface area (Å²) >= 11 is 5.75. The van der Waals surface area contributed by atoms with E-state index < -0.39 is 11.9 Å². The molecule has 0 unspecified atom stereocenters. The molecule has 1 fully saturated rings. The molecule has 0 saturated carbocycles. The van der Waals surface area contributed by atoms with Gasteiger partial charge in [0.05, 0.1) is 0 Å². The molecule has 0 aliphatic carbocycles. The molecule has 0 radical (unpaired) electrons. The van der Waals surface area contributed by atoms with Crippen molar-refractivity contribution >= 4 is 29.4 Å². The van der Waals surface area contributed by atoms with Crippen LogP contribution in [0.25, 0.3) is 0 Å². The number of amides is 2. The second-order valence-electron chi connectivity index (χ2n) is 5.91. The molecule has 1 aliphatic heterocycles. The first-order chi connectivity index (χ1) is 11.5. The Morgan fingerprint density at radius 1 is 1.21 bits per heavy atom. The number of piperidine rings is 1. The Morgan fingerprint density at radius 3 is 2.46 bits per heavy atom. The quantitative estimate of drug-likeness (QED) is 0.821. The van der Waals surface area contributed by atoms with Crippen LogP contribution in [-0.4, -0.2) is 48.9 Å². The lowest BCUT2D eigenvalue weighted by molar-refractivity contribution is -0.151. The lowest BCUT2D eigenvalue weighted by Crippen LogP contribution is -2.41. The third-order valence-electron chi connectivity index (χ3n) is 3.99. The van der Waals surface area contributed by atoms with E-state index in [4.69, 9.17) is 16.3 Å². The predicted octanol–water partition coefficient (Wildman–Crippen LogP) is 1.87. The van der Waals surface area contributed by atoms with Gasteiger partial charge in [-0.15, -0.1) is 0 Å². The molecule has 0 aromatic heterocycles. The first-order valence-corrected chi connectivity index (χ1v) is 8.30. The van der Waals surface area contributed by atoms with Crippen molar-refractivity contribution in [1.29, 1.82) is 0 Å². The van der Waals surface area contributed by atoms with Crippen molar-refractivity contribution in [3.8, 4) is 0 Å². The van der Waals surface area contributed by atoms with Crippen LogP contribution < -0.4 is 5.32 Å². The van der Waals surface area contributed by atoms with Crippen molar-refractivity contribution in [2.45, 2.75) is 19.8 Å². The zero-order valence-electron chi connectivity index (χ0n) is 13.6. The van der Waals surface area contributed by atoms with Gasteiger partial charge in [0.1, 0.15) is 6.54 Å². The standard InChI is InChI=1S/C17H21ClN2O4/c1-12-6-8-20(9-7-12)15(21)11-24-16(22)10-19-17(23)13-2-4-14(18)5-3-13/h2-5,12H,6-11H2,1H3,(H,19,23). The van der Waals surface area contributed by atoms with Crippen LogP contribution in [0, 0.1) is 5.92 Å². The summed E-state index contributed by atoms with van der Waals surface area (Å²) in [6.07, 6.45) is 1.94. The fraction of sp³-hybridized carbons (Fsp3) is 0.471. The fourth-order valence-corrected chi connectivity index (χ4v) is 2.52. The number of hydrogen-bond donors (Lipinski definition) is 1. The largest absolute Gasteiger partial charge is 0.454 e. The van der Waals surface area contributed by atoms with Crippen LogP contribution in [0.3, 0.4) is 0 Å². The fourth-order valence-electron chi connectivity index (χ4n) is 2.40. The van der Waals surface area contributed by atoms with Crippen LogP contribution in [0.2, 0.25) is 5.02 Å². The number of carbonyl (C=O) groups excluding carboxylic acids is 3. The Labute approximate surface area is 146 Å². The molecule has 2 rings (SSSR count). The van der Waals surface area contributed by atoms with E-state index in [1.54, 1.807) is 29.2 Å². The molecule has 1 aromatic rings. The highest BCUT2D eigenvalue weighted by atomic mass is 35.5. The van der Waals surface area contributed by atoms with Gasteiger partial charge >= 0.3 is 5.97 Å². The average molecular weight is 353 g/mol. The highest BCUT2D eigenvalue weighted by molar-refractivity contribution is 6.30. The third-order valence-corrected chi connectivity index (χ3v) is 4.24. The molecule has 1 aromatic carbocycles. The maximum absolute atomic E-state index is 11.9. The highest BCUT2D eigenvalue weighted by Crippen LogP contribution is 2.15. The Bertz CT molecular complexity index is 595. The molecule has 7 heteroatoms. The third kappa shape index (κ3) is 5.53. The van der Waals surface area contributed by atoms with Gasteiger partial charge in [0.25, 0.3) is 11.8 Å². The summed E-state index contributed by atoms with van der Waals surface area (Å²) in [6.45, 7) is 2.98. The zero-order valence-corrected chi connectivity index (χ0v) is 14.3. The van der Waals surface area contributed by atoms with Gasteiger partial charge in [0.2, 0.25) is 0 Å². The SMILES string of the molecule is CC1CCN(C(=O)COC(=O)CNC(=O)c2ccc(Cl)cc2)CC1. The van der Waals surface area contributed by atoms with E-state index >= 15 is 0 Å². The molecular formula is C17H21ClN2O4. The molecule has 0 atom stereocenters. The van der Waals surface area contributed by atoms with Gasteiger partial charge in [-0.3, -0.25) is 14.4 Å². The van der Waals surface area contributed by atoms with Gasteiger partial charge in [0, 0.05) is 23.7 Å². The van der Waals surface area contributed by atoms with Crippen molar-refractivity contribution in [3.05, 3.63) is 34.9 Å². The summed E-state index contributed by atoms with van der Waals surface area (Å²) in [6, 6.07) is 6.30. The van der Waals surface area contributed by atoms with E-state index in [9.17, 15) is 14.4 Å². The lowest BCUT2D eigenvalue weighted by atomic mass is 9.99. The van der Waals surface area contributed by atoms with Crippen molar-refractivity contribution in [3.63, 3.8) is 0 Å². The number of esters is 1. The van der Waals surface area contributed by atoms with Crippen molar-refractivity contribution in [2.24, 2.45) is 5.92 Å². The van der Waals surface area contributed by atoms with Crippen molar-refractivity contribution in [1.82, 2.24) is 10.2 Å². The Morgan fingerprint density at radius 2 is 1.83 bits per heavy atom. The molecule has 0 spiro atoms. The number of carbonyl (C=O) groups is 3. The number of ether oxygens (including phenoxy) is 1. The van der Waals surface area contributed by atoms with Gasteiger partial charge in [-0.05, 0) is 43.0 Å².